The van der Waals surface area contributed by atoms with Gasteiger partial charge in [0.15, 0.2) is 5.82 Å². The van der Waals surface area contributed by atoms with E-state index in [4.69, 9.17) is 0 Å². The zero-order valence-electron chi connectivity index (χ0n) is 14.9. The molecule has 0 aliphatic heterocycles. The molecule has 3 N–H and O–H groups in total. The van der Waals surface area contributed by atoms with Crippen LogP contribution in [0.2, 0.25) is 0 Å². The van der Waals surface area contributed by atoms with Crippen LogP contribution in [-0.4, -0.2) is 22.4 Å². The van der Waals surface area contributed by atoms with Gasteiger partial charge < -0.3 is 15.6 Å². The first kappa shape index (κ1) is 18.0. The largest absolute Gasteiger partial charge is 0.352 e. The first-order chi connectivity index (χ1) is 13.0. The van der Waals surface area contributed by atoms with Crippen LogP contribution in [0.4, 0.5) is 15.8 Å². The van der Waals surface area contributed by atoms with E-state index < -0.39 is 5.82 Å². The molecule has 2 aromatic carbocycles. The summed E-state index contributed by atoms with van der Waals surface area (Å²) in [5.74, 6) is -0.105. The standard InChI is InChI=1S/C20H20BrFN4O/c1-11-8-13(21)4-5-15(11)26-18-14(20(27)23-7-6-12-2-3-12)9-16-19(17(18)22)25-10-24-16/h4-5,8-10,12,26H,2-3,6-7H2,1H3,(H,23,27)(H,24,25). The number of hydrogen-bond acceptors (Lipinski definition) is 3. The number of halogens is 2. The number of benzene rings is 2. The lowest BCUT2D eigenvalue weighted by Crippen LogP contribution is -2.26. The molecule has 4 rings (SSSR count). The molecule has 3 aromatic rings. The lowest BCUT2D eigenvalue weighted by Gasteiger charge is -2.15. The summed E-state index contributed by atoms with van der Waals surface area (Å²) in [4.78, 5) is 19.7. The average molecular weight is 431 g/mol. The zero-order chi connectivity index (χ0) is 19.0. The molecule has 7 heteroatoms. The van der Waals surface area contributed by atoms with E-state index in [0.29, 0.717) is 12.1 Å². The van der Waals surface area contributed by atoms with Gasteiger partial charge in [0.2, 0.25) is 0 Å². The second kappa shape index (κ2) is 7.31. The van der Waals surface area contributed by atoms with Gasteiger partial charge in [-0.3, -0.25) is 4.79 Å². The molecule has 0 bridgehead atoms. The number of carbonyl (C=O) groups excluding carboxylic acids is 1. The molecule has 0 radical (unpaired) electrons. The van der Waals surface area contributed by atoms with Gasteiger partial charge in [0, 0.05) is 16.7 Å². The summed E-state index contributed by atoms with van der Waals surface area (Å²) < 4.78 is 16.1. The first-order valence-corrected chi connectivity index (χ1v) is 9.79. The summed E-state index contributed by atoms with van der Waals surface area (Å²) in [7, 11) is 0. The quantitative estimate of drug-likeness (QED) is 0.512. The summed E-state index contributed by atoms with van der Waals surface area (Å²) in [6.45, 7) is 2.52. The van der Waals surface area contributed by atoms with Crippen molar-refractivity contribution in [1.82, 2.24) is 15.3 Å². The second-order valence-electron chi connectivity index (χ2n) is 6.98. The van der Waals surface area contributed by atoms with Crippen LogP contribution in [0.3, 0.4) is 0 Å². The number of nitrogens with zero attached hydrogens (tertiary/aromatic N) is 1. The van der Waals surface area contributed by atoms with E-state index in [0.717, 1.165) is 28.1 Å². The van der Waals surface area contributed by atoms with E-state index in [1.54, 1.807) is 6.07 Å². The SMILES string of the molecule is Cc1cc(Br)ccc1Nc1c(C(=O)NCCC2CC2)cc2[nH]cnc2c1F. The lowest BCUT2D eigenvalue weighted by molar-refractivity contribution is 0.0953. The molecule has 0 unspecified atom stereocenters. The molecule has 1 heterocycles. The van der Waals surface area contributed by atoms with E-state index in [1.807, 2.05) is 25.1 Å². The van der Waals surface area contributed by atoms with Gasteiger partial charge in [-0.2, -0.15) is 0 Å². The Morgan fingerprint density at radius 3 is 2.93 bits per heavy atom. The Hall–Kier alpha value is -2.41. The Kier molecular flexibility index (Phi) is 4.86. The predicted molar refractivity (Wildman–Crippen MR) is 108 cm³/mol. The van der Waals surface area contributed by atoms with Crippen molar-refractivity contribution in [1.29, 1.82) is 0 Å². The number of rotatable bonds is 6. The third-order valence-electron chi connectivity index (χ3n) is 4.88. The van der Waals surface area contributed by atoms with Gasteiger partial charge in [-0.25, -0.2) is 9.37 Å². The molecule has 1 aliphatic carbocycles. The molecule has 0 saturated heterocycles. The second-order valence-corrected chi connectivity index (χ2v) is 7.90. The molecule has 1 amide bonds. The van der Waals surface area contributed by atoms with Crippen molar-refractivity contribution in [3.63, 3.8) is 0 Å². The van der Waals surface area contributed by atoms with Crippen LogP contribution in [0, 0.1) is 18.7 Å². The molecular weight excluding hydrogens is 411 g/mol. The molecule has 1 aliphatic rings. The normalized spacial score (nSPS) is 13.7. The number of aromatic nitrogens is 2. The molecular formula is C20H20BrFN4O. The van der Waals surface area contributed by atoms with Crippen molar-refractivity contribution in [3.8, 4) is 0 Å². The minimum atomic E-state index is -0.539. The Bertz CT molecular complexity index is 1010. The fourth-order valence-electron chi connectivity index (χ4n) is 3.14. The topological polar surface area (TPSA) is 69.8 Å². The molecule has 1 fully saturated rings. The molecule has 140 valence electrons. The van der Waals surface area contributed by atoms with Gasteiger partial charge in [0.1, 0.15) is 5.52 Å². The maximum absolute atomic E-state index is 15.1. The van der Waals surface area contributed by atoms with E-state index in [2.05, 4.69) is 36.5 Å². The van der Waals surface area contributed by atoms with E-state index in [1.165, 1.54) is 19.2 Å². The number of hydrogen-bond donors (Lipinski definition) is 3. The van der Waals surface area contributed by atoms with Gasteiger partial charge >= 0.3 is 0 Å². The van der Waals surface area contributed by atoms with E-state index >= 15 is 4.39 Å². The number of aryl methyl sites for hydroxylation is 1. The molecule has 0 atom stereocenters. The third-order valence-corrected chi connectivity index (χ3v) is 5.38. The van der Waals surface area contributed by atoms with Crippen molar-refractivity contribution >= 4 is 44.2 Å². The third kappa shape index (κ3) is 3.83. The Labute approximate surface area is 164 Å². The Balaban J connectivity index is 1.69. The highest BCUT2D eigenvalue weighted by molar-refractivity contribution is 9.10. The molecule has 5 nitrogen and oxygen atoms in total. The number of amides is 1. The van der Waals surface area contributed by atoms with Crippen molar-refractivity contribution in [2.45, 2.75) is 26.2 Å². The lowest BCUT2D eigenvalue weighted by atomic mass is 10.1. The van der Waals surface area contributed by atoms with Gasteiger partial charge in [0.25, 0.3) is 5.91 Å². The fourth-order valence-corrected chi connectivity index (χ4v) is 3.61. The number of anilines is 2. The minimum absolute atomic E-state index is 0.143. The van der Waals surface area contributed by atoms with Crippen molar-refractivity contribution in [2.75, 3.05) is 11.9 Å². The monoisotopic (exact) mass is 430 g/mol. The number of nitrogens with one attached hydrogen (secondary N) is 3. The molecule has 0 spiro atoms. The Morgan fingerprint density at radius 1 is 1.37 bits per heavy atom. The highest BCUT2D eigenvalue weighted by atomic mass is 79.9. The number of imidazole rings is 1. The number of fused-ring (bicyclic) bond motifs is 1. The van der Waals surface area contributed by atoms with Gasteiger partial charge in [-0.1, -0.05) is 28.8 Å². The summed E-state index contributed by atoms with van der Waals surface area (Å²) in [5.41, 5.74) is 2.79. The smallest absolute Gasteiger partial charge is 0.253 e. The van der Waals surface area contributed by atoms with Crippen LogP contribution in [-0.2, 0) is 0 Å². The average Bonchev–Trinajstić information content (AvgIpc) is 3.33. The zero-order valence-corrected chi connectivity index (χ0v) is 16.5. The summed E-state index contributed by atoms with van der Waals surface area (Å²) >= 11 is 3.43. The summed E-state index contributed by atoms with van der Waals surface area (Å²) in [6.07, 6.45) is 4.87. The van der Waals surface area contributed by atoms with Crippen LogP contribution in [0.5, 0.6) is 0 Å². The summed E-state index contributed by atoms with van der Waals surface area (Å²) in [6, 6.07) is 7.30. The molecule has 1 saturated carbocycles. The van der Waals surface area contributed by atoms with Crippen molar-refractivity contribution < 1.29 is 9.18 Å². The van der Waals surface area contributed by atoms with Crippen LogP contribution in [0.15, 0.2) is 35.1 Å². The van der Waals surface area contributed by atoms with Crippen molar-refractivity contribution in [2.24, 2.45) is 5.92 Å². The molecule has 1 aromatic heterocycles. The van der Waals surface area contributed by atoms with E-state index in [9.17, 15) is 4.79 Å². The van der Waals surface area contributed by atoms with Crippen LogP contribution >= 0.6 is 15.9 Å². The first-order valence-electron chi connectivity index (χ1n) is 9.00. The molecule has 27 heavy (non-hydrogen) atoms. The number of H-pyrrole nitrogens is 1. The Morgan fingerprint density at radius 2 is 2.19 bits per heavy atom. The highest BCUT2D eigenvalue weighted by Gasteiger charge is 2.23. The van der Waals surface area contributed by atoms with Gasteiger partial charge in [-0.05, 0) is 49.1 Å². The predicted octanol–water partition coefficient (Wildman–Crippen LogP) is 5.05. The number of aromatic amines is 1. The maximum Gasteiger partial charge on any atom is 0.253 e. The maximum atomic E-state index is 15.1. The number of carbonyl (C=O) groups is 1. The van der Waals surface area contributed by atoms with Crippen LogP contribution in [0.1, 0.15) is 35.2 Å². The summed E-state index contributed by atoms with van der Waals surface area (Å²) in [5, 5.41) is 6.02. The van der Waals surface area contributed by atoms with E-state index in [-0.39, 0.29) is 22.7 Å². The fraction of sp³-hybridized carbons (Fsp3) is 0.300. The minimum Gasteiger partial charge on any atom is -0.352 e. The highest BCUT2D eigenvalue weighted by Crippen LogP contribution is 2.33. The van der Waals surface area contributed by atoms with Crippen LogP contribution < -0.4 is 10.6 Å². The van der Waals surface area contributed by atoms with Gasteiger partial charge in [-0.15, -0.1) is 0 Å². The van der Waals surface area contributed by atoms with Crippen LogP contribution in [0.25, 0.3) is 11.0 Å². The van der Waals surface area contributed by atoms with Gasteiger partial charge in [0.05, 0.1) is 23.1 Å². The van der Waals surface area contributed by atoms with Crippen molar-refractivity contribution in [3.05, 3.63) is 52.0 Å².